The van der Waals surface area contributed by atoms with Crippen molar-refractivity contribution in [3.8, 4) is 22.5 Å². The zero-order valence-corrected chi connectivity index (χ0v) is 23.2. The molecule has 10 heteroatoms. The Morgan fingerprint density at radius 2 is 1.59 bits per heavy atom. The number of H-pyrrole nitrogens is 1. The highest BCUT2D eigenvalue weighted by atomic mass is 16.2. The van der Waals surface area contributed by atoms with Crippen molar-refractivity contribution in [2.75, 3.05) is 0 Å². The molecule has 1 N–H and O–H groups in total. The van der Waals surface area contributed by atoms with Gasteiger partial charge in [0.15, 0.2) is 11.2 Å². The van der Waals surface area contributed by atoms with Crippen LogP contribution in [0.2, 0.25) is 0 Å². The largest absolute Gasteiger partial charge is 0.333 e. The second-order valence-corrected chi connectivity index (χ2v) is 10.1. The zero-order chi connectivity index (χ0) is 28.5. The van der Waals surface area contributed by atoms with Gasteiger partial charge >= 0.3 is 5.69 Å². The van der Waals surface area contributed by atoms with Crippen molar-refractivity contribution in [1.29, 1.82) is 0 Å². The molecule has 206 valence electrons. The minimum atomic E-state index is -0.425. The molecule has 3 aromatic heterocycles. The molecule has 0 saturated heterocycles. The van der Waals surface area contributed by atoms with Gasteiger partial charge in [0.05, 0.1) is 6.04 Å². The number of rotatable bonds is 8. The molecule has 6 aromatic rings. The molecule has 1 unspecified atom stereocenters. The van der Waals surface area contributed by atoms with Gasteiger partial charge in [-0.15, -0.1) is 10.2 Å². The number of fused-ring (bicyclic) bond motifs is 1. The fraction of sp³-hybridized carbons (Fsp3) is 0.226. The van der Waals surface area contributed by atoms with E-state index in [-0.39, 0.29) is 11.2 Å². The van der Waals surface area contributed by atoms with Gasteiger partial charge in [-0.25, -0.2) is 9.78 Å². The second-order valence-electron chi connectivity index (χ2n) is 10.1. The van der Waals surface area contributed by atoms with Gasteiger partial charge in [-0.1, -0.05) is 85.8 Å². The molecule has 0 amide bonds. The lowest BCUT2D eigenvalue weighted by Crippen LogP contribution is -2.42. The number of hydrogen-bond acceptors (Lipinski definition) is 6. The van der Waals surface area contributed by atoms with E-state index in [1.807, 2.05) is 104 Å². The first-order valence-corrected chi connectivity index (χ1v) is 13.7. The third kappa shape index (κ3) is 4.67. The SMILES string of the molecule is CCCn1c(=O)n(C(C)c2ccccc2)c(=O)c2c1nc(C)n2Cc1ccc(-c2ccccc2-c2nn[nH]n2)cc1. The van der Waals surface area contributed by atoms with Crippen molar-refractivity contribution in [3.63, 3.8) is 0 Å². The van der Waals surface area contributed by atoms with E-state index in [4.69, 9.17) is 4.98 Å². The molecule has 0 saturated carbocycles. The molecule has 10 nitrogen and oxygen atoms in total. The Kier molecular flexibility index (Phi) is 6.88. The van der Waals surface area contributed by atoms with Crippen molar-refractivity contribution in [2.45, 2.75) is 46.3 Å². The van der Waals surface area contributed by atoms with E-state index >= 15 is 0 Å². The molecule has 0 bridgehead atoms. The second kappa shape index (κ2) is 10.8. The van der Waals surface area contributed by atoms with Crippen LogP contribution in [0, 0.1) is 6.92 Å². The number of benzene rings is 3. The summed E-state index contributed by atoms with van der Waals surface area (Å²) >= 11 is 0. The lowest BCUT2D eigenvalue weighted by molar-refractivity contribution is 0.530. The van der Waals surface area contributed by atoms with Crippen LogP contribution in [0.25, 0.3) is 33.7 Å². The lowest BCUT2D eigenvalue weighted by Gasteiger charge is -2.18. The standard InChI is InChI=1S/C31H30N8O2/c1-4-18-37-29-27(30(40)39(31(37)41)20(2)23-10-6-5-7-11-23)38(21(3)32-29)19-22-14-16-24(17-15-22)25-12-8-9-13-26(25)28-33-35-36-34-28/h5-17,20H,4,18-19H2,1-3H3,(H,33,34,35,36). The molecule has 0 radical (unpaired) electrons. The smallest absolute Gasteiger partial charge is 0.318 e. The molecule has 0 fully saturated rings. The number of aromatic amines is 1. The van der Waals surface area contributed by atoms with Crippen LogP contribution >= 0.6 is 0 Å². The van der Waals surface area contributed by atoms with Crippen molar-refractivity contribution in [2.24, 2.45) is 0 Å². The van der Waals surface area contributed by atoms with Crippen molar-refractivity contribution < 1.29 is 0 Å². The quantitative estimate of drug-likeness (QED) is 0.299. The molecule has 0 aliphatic heterocycles. The number of hydrogen-bond donors (Lipinski definition) is 1. The number of aryl methyl sites for hydroxylation is 2. The molecule has 3 aromatic carbocycles. The summed E-state index contributed by atoms with van der Waals surface area (Å²) < 4.78 is 4.92. The van der Waals surface area contributed by atoms with Gasteiger partial charge in [0.25, 0.3) is 5.56 Å². The van der Waals surface area contributed by atoms with E-state index < -0.39 is 6.04 Å². The molecule has 0 aliphatic rings. The van der Waals surface area contributed by atoms with E-state index in [0.717, 1.165) is 34.2 Å². The number of tetrazole rings is 1. The Hall–Kier alpha value is -5.12. The average Bonchev–Trinajstić information content (AvgIpc) is 3.65. The van der Waals surface area contributed by atoms with Gasteiger partial charge < -0.3 is 4.57 Å². The van der Waals surface area contributed by atoms with Crippen LogP contribution < -0.4 is 11.2 Å². The van der Waals surface area contributed by atoms with Gasteiger partial charge in [-0.05, 0) is 47.7 Å². The van der Waals surface area contributed by atoms with Crippen LogP contribution in [0.1, 0.15) is 43.3 Å². The fourth-order valence-corrected chi connectivity index (χ4v) is 5.39. The van der Waals surface area contributed by atoms with Crippen LogP contribution in [0.4, 0.5) is 0 Å². The maximum absolute atomic E-state index is 14.0. The Balaban J connectivity index is 1.43. The summed E-state index contributed by atoms with van der Waals surface area (Å²) in [6.45, 7) is 6.69. The average molecular weight is 547 g/mol. The third-order valence-electron chi connectivity index (χ3n) is 7.49. The van der Waals surface area contributed by atoms with Crippen LogP contribution in [0.5, 0.6) is 0 Å². The van der Waals surface area contributed by atoms with E-state index in [0.29, 0.717) is 35.9 Å². The third-order valence-corrected chi connectivity index (χ3v) is 7.49. The van der Waals surface area contributed by atoms with Crippen molar-refractivity contribution >= 4 is 11.2 Å². The molecule has 0 spiro atoms. The van der Waals surface area contributed by atoms with Crippen LogP contribution in [-0.4, -0.2) is 39.3 Å². The van der Waals surface area contributed by atoms with Gasteiger partial charge in [0.1, 0.15) is 5.82 Å². The summed E-state index contributed by atoms with van der Waals surface area (Å²) in [6.07, 6.45) is 0.742. The minimum absolute atomic E-state index is 0.333. The van der Waals surface area contributed by atoms with E-state index in [1.165, 1.54) is 4.57 Å². The van der Waals surface area contributed by atoms with Crippen molar-refractivity contribution in [1.82, 2.24) is 39.3 Å². The Morgan fingerprint density at radius 3 is 2.27 bits per heavy atom. The van der Waals surface area contributed by atoms with Gasteiger partial charge in [-0.3, -0.25) is 13.9 Å². The first-order valence-electron chi connectivity index (χ1n) is 13.7. The molecule has 41 heavy (non-hydrogen) atoms. The van der Waals surface area contributed by atoms with Crippen molar-refractivity contribution in [3.05, 3.63) is 117 Å². The van der Waals surface area contributed by atoms with E-state index in [1.54, 1.807) is 4.57 Å². The van der Waals surface area contributed by atoms with E-state index in [9.17, 15) is 9.59 Å². The maximum atomic E-state index is 14.0. The molecular formula is C31H30N8O2. The lowest BCUT2D eigenvalue weighted by atomic mass is 9.98. The minimum Gasteiger partial charge on any atom is -0.318 e. The number of aromatic nitrogens is 8. The van der Waals surface area contributed by atoms with Crippen LogP contribution in [-0.2, 0) is 13.1 Å². The summed E-state index contributed by atoms with van der Waals surface area (Å²) in [6, 6.07) is 25.3. The van der Waals surface area contributed by atoms with E-state index in [2.05, 4.69) is 20.6 Å². The monoisotopic (exact) mass is 546 g/mol. The summed E-state index contributed by atoms with van der Waals surface area (Å²) in [7, 11) is 0. The number of imidazole rings is 1. The fourth-order valence-electron chi connectivity index (χ4n) is 5.39. The Bertz CT molecular complexity index is 1940. The highest BCUT2D eigenvalue weighted by Gasteiger charge is 2.23. The predicted octanol–water partition coefficient (Wildman–Crippen LogP) is 4.58. The summed E-state index contributed by atoms with van der Waals surface area (Å²) in [5, 5.41) is 14.5. The Labute approximate surface area is 235 Å². The van der Waals surface area contributed by atoms with Gasteiger partial charge in [0.2, 0.25) is 5.82 Å². The van der Waals surface area contributed by atoms with Gasteiger partial charge in [0, 0.05) is 18.7 Å². The first kappa shape index (κ1) is 26.1. The van der Waals surface area contributed by atoms with Crippen LogP contribution in [0.3, 0.4) is 0 Å². The van der Waals surface area contributed by atoms with Gasteiger partial charge in [-0.2, -0.15) is 5.21 Å². The highest BCUT2D eigenvalue weighted by Crippen LogP contribution is 2.30. The highest BCUT2D eigenvalue weighted by molar-refractivity contribution is 5.80. The first-order chi connectivity index (χ1) is 20.0. The maximum Gasteiger partial charge on any atom is 0.333 e. The molecule has 6 rings (SSSR count). The Morgan fingerprint density at radius 1 is 0.878 bits per heavy atom. The molecule has 0 aliphatic carbocycles. The van der Waals surface area contributed by atoms with Crippen LogP contribution in [0.15, 0.2) is 88.5 Å². The molecular weight excluding hydrogens is 516 g/mol. The predicted molar refractivity (Wildman–Crippen MR) is 158 cm³/mol. The number of nitrogens with zero attached hydrogens (tertiary/aromatic N) is 7. The molecule has 3 heterocycles. The summed E-state index contributed by atoms with van der Waals surface area (Å²) in [4.78, 5) is 32.4. The summed E-state index contributed by atoms with van der Waals surface area (Å²) in [5.74, 6) is 1.21. The molecule has 1 atom stereocenters. The summed E-state index contributed by atoms with van der Waals surface area (Å²) in [5.41, 5.74) is 4.98. The normalized spacial score (nSPS) is 12.2. The zero-order valence-electron chi connectivity index (χ0n) is 23.2. The number of nitrogens with one attached hydrogen (secondary N) is 1. The topological polar surface area (TPSA) is 116 Å².